The van der Waals surface area contributed by atoms with Crippen molar-refractivity contribution in [2.45, 2.75) is 6.92 Å². The molecule has 11 heteroatoms. The van der Waals surface area contributed by atoms with Crippen LogP contribution in [-0.2, 0) is 4.57 Å². The number of hydrogen-bond donors (Lipinski definition) is 2. The van der Waals surface area contributed by atoms with Crippen LogP contribution < -0.4 is 20.8 Å². The molecule has 2 N–H and O–H groups in total. The number of piperazine rings is 1. The van der Waals surface area contributed by atoms with Gasteiger partial charge in [0.05, 0.1) is 22.7 Å². The van der Waals surface area contributed by atoms with Crippen molar-refractivity contribution in [3.8, 4) is 0 Å². The summed E-state index contributed by atoms with van der Waals surface area (Å²) in [5.74, 6) is 0.805. The Labute approximate surface area is 221 Å². The summed E-state index contributed by atoms with van der Waals surface area (Å²) >= 11 is 6.45. The van der Waals surface area contributed by atoms with Crippen molar-refractivity contribution >= 4 is 63.9 Å². The molecule has 0 saturated carbocycles. The predicted octanol–water partition coefficient (Wildman–Crippen LogP) is 4.87. The summed E-state index contributed by atoms with van der Waals surface area (Å²) in [6, 6.07) is 9.95. The largest absolute Gasteiger partial charge is 0.369 e. The van der Waals surface area contributed by atoms with Gasteiger partial charge >= 0.3 is 0 Å². The number of halogens is 1. The van der Waals surface area contributed by atoms with E-state index in [1.807, 2.05) is 18.2 Å². The molecule has 0 unspecified atom stereocenters. The molecule has 0 bridgehead atoms. The number of rotatable bonds is 6. The molecular formula is C26H30ClN8OP. The van der Waals surface area contributed by atoms with Gasteiger partial charge in [-0.2, -0.15) is 4.98 Å². The molecule has 192 valence electrons. The monoisotopic (exact) mass is 536 g/mol. The van der Waals surface area contributed by atoms with E-state index in [-0.39, 0.29) is 0 Å². The third-order valence-electron chi connectivity index (χ3n) is 6.45. The molecule has 4 aromatic rings. The van der Waals surface area contributed by atoms with E-state index in [4.69, 9.17) is 11.6 Å². The summed E-state index contributed by atoms with van der Waals surface area (Å²) in [5, 5.41) is 7.50. The minimum Gasteiger partial charge on any atom is -0.369 e. The Kier molecular flexibility index (Phi) is 7.03. The van der Waals surface area contributed by atoms with Gasteiger partial charge < -0.3 is 25.0 Å². The highest BCUT2D eigenvalue weighted by Gasteiger charge is 2.22. The van der Waals surface area contributed by atoms with Crippen LogP contribution in [0.1, 0.15) is 5.56 Å². The standard InChI is InChI=1S/C26H30ClN8OP/c1-17-15-18(5-8-22(17)35-13-11-34(2)12-14-35)31-26-30-16-19(27)25(33-26)32-21-7-6-20-23(29-10-9-28-20)24(21)37(3,4)36/h5-10,15-16H,11-14H2,1-4H3,(H2,30,31,32,33). The number of aryl methyl sites for hydroxylation is 1. The van der Waals surface area contributed by atoms with E-state index >= 15 is 0 Å². The van der Waals surface area contributed by atoms with E-state index in [1.54, 1.807) is 31.9 Å². The molecule has 1 saturated heterocycles. The Morgan fingerprint density at radius 3 is 2.46 bits per heavy atom. The number of aromatic nitrogens is 4. The number of nitrogens with one attached hydrogen (secondary N) is 2. The van der Waals surface area contributed by atoms with Crippen molar-refractivity contribution in [1.29, 1.82) is 0 Å². The maximum atomic E-state index is 13.2. The van der Waals surface area contributed by atoms with E-state index in [0.29, 0.717) is 38.8 Å². The fourth-order valence-corrected chi connectivity index (χ4v) is 6.11. The molecule has 0 radical (unpaired) electrons. The van der Waals surface area contributed by atoms with Crippen molar-refractivity contribution in [1.82, 2.24) is 24.8 Å². The Hall–Kier alpha value is -3.26. The van der Waals surface area contributed by atoms with Crippen LogP contribution in [0.2, 0.25) is 5.02 Å². The smallest absolute Gasteiger partial charge is 0.229 e. The summed E-state index contributed by atoms with van der Waals surface area (Å²) in [5.41, 5.74) is 5.22. The molecular weight excluding hydrogens is 507 g/mol. The third kappa shape index (κ3) is 5.54. The van der Waals surface area contributed by atoms with Gasteiger partial charge in [-0.3, -0.25) is 9.97 Å². The maximum absolute atomic E-state index is 13.2. The first-order valence-electron chi connectivity index (χ1n) is 12.1. The highest BCUT2D eigenvalue weighted by molar-refractivity contribution is 7.71. The van der Waals surface area contributed by atoms with Crippen LogP contribution in [0, 0.1) is 6.92 Å². The average Bonchev–Trinajstić information content (AvgIpc) is 2.86. The van der Waals surface area contributed by atoms with Gasteiger partial charge in [0, 0.05) is 49.9 Å². The molecule has 0 aliphatic carbocycles. The van der Waals surface area contributed by atoms with E-state index < -0.39 is 7.14 Å². The zero-order chi connectivity index (χ0) is 26.2. The first-order chi connectivity index (χ1) is 17.7. The van der Waals surface area contributed by atoms with Crippen LogP contribution in [0.5, 0.6) is 0 Å². The van der Waals surface area contributed by atoms with Crippen LogP contribution in [0.25, 0.3) is 11.0 Å². The first kappa shape index (κ1) is 25.4. The van der Waals surface area contributed by atoms with Gasteiger partial charge in [0.25, 0.3) is 0 Å². The fourth-order valence-electron chi connectivity index (χ4n) is 4.57. The van der Waals surface area contributed by atoms with Crippen LogP contribution in [0.4, 0.5) is 28.8 Å². The second-order valence-electron chi connectivity index (χ2n) is 9.67. The van der Waals surface area contributed by atoms with Crippen molar-refractivity contribution < 1.29 is 4.57 Å². The third-order valence-corrected chi connectivity index (χ3v) is 8.25. The van der Waals surface area contributed by atoms with Crippen LogP contribution >= 0.6 is 18.7 Å². The normalized spacial score (nSPS) is 14.7. The number of nitrogens with zero attached hydrogens (tertiary/aromatic N) is 6. The lowest BCUT2D eigenvalue weighted by Crippen LogP contribution is -2.44. The Morgan fingerprint density at radius 1 is 0.973 bits per heavy atom. The lowest BCUT2D eigenvalue weighted by Gasteiger charge is -2.35. The second-order valence-corrected chi connectivity index (χ2v) is 13.2. The van der Waals surface area contributed by atoms with E-state index in [9.17, 15) is 4.57 Å². The average molecular weight is 537 g/mol. The molecule has 1 aliphatic rings. The van der Waals surface area contributed by atoms with Gasteiger partial charge in [-0.25, -0.2) is 4.98 Å². The highest BCUT2D eigenvalue weighted by Crippen LogP contribution is 2.41. The van der Waals surface area contributed by atoms with Gasteiger partial charge in [-0.1, -0.05) is 11.6 Å². The van der Waals surface area contributed by atoms with Crippen molar-refractivity contribution in [2.75, 3.05) is 62.1 Å². The topological polar surface area (TPSA) is 99.2 Å². The van der Waals surface area contributed by atoms with E-state index in [1.165, 1.54) is 11.3 Å². The summed E-state index contributed by atoms with van der Waals surface area (Å²) in [6.07, 6.45) is 4.76. The zero-order valence-corrected chi connectivity index (χ0v) is 23.0. The van der Waals surface area contributed by atoms with Gasteiger partial charge in [0.1, 0.15) is 17.7 Å². The van der Waals surface area contributed by atoms with Crippen LogP contribution in [-0.4, -0.2) is 71.4 Å². The van der Waals surface area contributed by atoms with Gasteiger partial charge in [-0.15, -0.1) is 0 Å². The predicted molar refractivity (Wildman–Crippen MR) is 153 cm³/mol. The summed E-state index contributed by atoms with van der Waals surface area (Å²) < 4.78 is 13.2. The van der Waals surface area contributed by atoms with E-state index in [0.717, 1.165) is 31.9 Å². The van der Waals surface area contributed by atoms with E-state index in [2.05, 4.69) is 66.5 Å². The minimum absolute atomic E-state index is 0.347. The van der Waals surface area contributed by atoms with Crippen molar-refractivity contribution in [2.24, 2.45) is 0 Å². The quantitative estimate of drug-likeness (QED) is 0.334. The summed E-state index contributed by atoms with van der Waals surface area (Å²) in [4.78, 5) is 22.5. The van der Waals surface area contributed by atoms with Crippen molar-refractivity contribution in [3.05, 3.63) is 59.5 Å². The second kappa shape index (κ2) is 10.2. The molecule has 3 heterocycles. The first-order valence-corrected chi connectivity index (χ1v) is 15.1. The maximum Gasteiger partial charge on any atom is 0.229 e. The molecule has 2 aromatic carbocycles. The number of hydrogen-bond acceptors (Lipinski definition) is 9. The molecule has 37 heavy (non-hydrogen) atoms. The fraction of sp³-hybridized carbons (Fsp3) is 0.308. The molecule has 9 nitrogen and oxygen atoms in total. The number of anilines is 5. The number of benzene rings is 2. The van der Waals surface area contributed by atoms with Crippen molar-refractivity contribution in [3.63, 3.8) is 0 Å². The molecule has 2 aromatic heterocycles. The van der Waals surface area contributed by atoms with Gasteiger partial charge in [-0.05, 0) is 63.2 Å². The highest BCUT2D eigenvalue weighted by atomic mass is 35.5. The lowest BCUT2D eigenvalue weighted by molar-refractivity contribution is 0.312. The Bertz CT molecular complexity index is 1500. The molecule has 0 atom stereocenters. The van der Waals surface area contributed by atoms with Crippen LogP contribution in [0.15, 0.2) is 48.9 Å². The van der Waals surface area contributed by atoms with Gasteiger partial charge in [0.15, 0.2) is 5.82 Å². The Balaban J connectivity index is 1.41. The number of fused-ring (bicyclic) bond motifs is 1. The molecule has 1 fully saturated rings. The SMILES string of the molecule is Cc1cc(Nc2ncc(Cl)c(Nc3ccc4nccnc4c3P(C)(C)=O)n2)ccc1N1CCN(C)CC1. The molecule has 0 spiro atoms. The minimum atomic E-state index is -2.72. The Morgan fingerprint density at radius 2 is 1.73 bits per heavy atom. The molecule has 5 rings (SSSR count). The molecule has 0 amide bonds. The van der Waals surface area contributed by atoms with Gasteiger partial charge in [0.2, 0.25) is 5.95 Å². The lowest BCUT2D eigenvalue weighted by atomic mass is 10.1. The molecule has 1 aliphatic heterocycles. The van der Waals surface area contributed by atoms with Crippen LogP contribution in [0.3, 0.4) is 0 Å². The summed E-state index contributed by atoms with van der Waals surface area (Å²) in [7, 11) is -0.562. The number of likely N-dealkylation sites (N-methyl/N-ethyl adjacent to an activating group) is 1. The summed E-state index contributed by atoms with van der Waals surface area (Å²) in [6.45, 7) is 9.70. The zero-order valence-electron chi connectivity index (χ0n) is 21.4.